The van der Waals surface area contributed by atoms with Crippen molar-refractivity contribution in [3.63, 3.8) is 0 Å². The Bertz CT molecular complexity index is 594. The minimum atomic E-state index is 0.328. The minimum Gasteiger partial charge on any atom is -0.374 e. The van der Waals surface area contributed by atoms with E-state index in [-0.39, 0.29) is 0 Å². The lowest BCUT2D eigenvalue weighted by Gasteiger charge is -2.14. The summed E-state index contributed by atoms with van der Waals surface area (Å²) < 4.78 is 5.86. The Morgan fingerprint density at radius 1 is 0.944 bits per heavy atom. The van der Waals surface area contributed by atoms with Crippen molar-refractivity contribution < 1.29 is 4.74 Å². The van der Waals surface area contributed by atoms with E-state index in [0.717, 1.165) is 13.0 Å². The van der Waals surface area contributed by atoms with Gasteiger partial charge in [0, 0.05) is 6.61 Å². The average molecular weight is 236 g/mol. The molecule has 1 saturated heterocycles. The monoisotopic (exact) mass is 236 g/mol. The zero-order chi connectivity index (χ0) is 11.9. The molecule has 1 heteroatoms. The highest BCUT2D eigenvalue weighted by Gasteiger charge is 2.26. The predicted octanol–water partition coefficient (Wildman–Crippen LogP) is 4.11. The Hall–Kier alpha value is -1.60. The molecule has 1 heterocycles. The average Bonchev–Trinajstić information content (AvgIpc) is 3.05. The van der Waals surface area contributed by atoms with Crippen LogP contribution in [0.25, 0.3) is 11.1 Å². The fourth-order valence-corrected chi connectivity index (χ4v) is 3.31. The summed E-state index contributed by atoms with van der Waals surface area (Å²) in [6, 6.07) is 15.4. The van der Waals surface area contributed by atoms with E-state index in [4.69, 9.17) is 4.74 Å². The summed E-state index contributed by atoms with van der Waals surface area (Å²) in [7, 11) is 0. The Morgan fingerprint density at radius 3 is 2.72 bits per heavy atom. The van der Waals surface area contributed by atoms with Crippen LogP contribution in [0.5, 0.6) is 0 Å². The van der Waals surface area contributed by atoms with Gasteiger partial charge in [-0.25, -0.2) is 0 Å². The molecule has 0 spiro atoms. The largest absolute Gasteiger partial charge is 0.374 e. The fraction of sp³-hybridized carbons (Fsp3) is 0.294. The molecule has 2 aromatic rings. The van der Waals surface area contributed by atoms with Crippen LogP contribution in [0.3, 0.4) is 0 Å². The number of hydrogen-bond acceptors (Lipinski definition) is 1. The van der Waals surface area contributed by atoms with Gasteiger partial charge in [0.15, 0.2) is 0 Å². The highest BCUT2D eigenvalue weighted by molar-refractivity contribution is 5.78. The molecule has 1 unspecified atom stereocenters. The van der Waals surface area contributed by atoms with Gasteiger partial charge in [0.2, 0.25) is 0 Å². The van der Waals surface area contributed by atoms with Gasteiger partial charge < -0.3 is 4.74 Å². The van der Waals surface area contributed by atoms with Crippen molar-refractivity contribution in [2.75, 3.05) is 6.61 Å². The Kier molecular flexibility index (Phi) is 2.27. The normalized spacial score (nSPS) is 20.8. The highest BCUT2D eigenvalue weighted by Crippen LogP contribution is 2.42. The van der Waals surface area contributed by atoms with Crippen molar-refractivity contribution in [1.29, 1.82) is 0 Å². The van der Waals surface area contributed by atoms with Crippen molar-refractivity contribution in [3.05, 3.63) is 59.2 Å². The first-order valence-corrected chi connectivity index (χ1v) is 6.75. The van der Waals surface area contributed by atoms with Crippen molar-refractivity contribution in [3.8, 4) is 11.1 Å². The van der Waals surface area contributed by atoms with Crippen LogP contribution in [0.4, 0.5) is 0 Å². The quantitative estimate of drug-likeness (QED) is 0.618. The van der Waals surface area contributed by atoms with Gasteiger partial charge in [-0.15, -0.1) is 0 Å². The lowest BCUT2D eigenvalue weighted by Crippen LogP contribution is -2.00. The van der Waals surface area contributed by atoms with Crippen LogP contribution in [0.15, 0.2) is 42.5 Å². The molecule has 1 atom stereocenters. The maximum absolute atomic E-state index is 5.86. The van der Waals surface area contributed by atoms with Crippen molar-refractivity contribution in [2.24, 2.45) is 0 Å². The van der Waals surface area contributed by atoms with E-state index in [1.165, 1.54) is 40.7 Å². The van der Waals surface area contributed by atoms with E-state index in [0.29, 0.717) is 6.10 Å². The molecule has 0 N–H and O–H groups in total. The molecule has 2 aromatic carbocycles. The first-order chi connectivity index (χ1) is 8.93. The van der Waals surface area contributed by atoms with Crippen molar-refractivity contribution in [2.45, 2.75) is 25.4 Å². The van der Waals surface area contributed by atoms with Gasteiger partial charge in [0.25, 0.3) is 0 Å². The molecule has 0 bridgehead atoms. The van der Waals surface area contributed by atoms with Gasteiger partial charge in [-0.05, 0) is 47.1 Å². The third kappa shape index (κ3) is 1.44. The van der Waals surface area contributed by atoms with E-state index in [1.54, 1.807) is 0 Å². The molecule has 0 radical (unpaired) electrons. The lowest BCUT2D eigenvalue weighted by atomic mass is 9.96. The first-order valence-electron chi connectivity index (χ1n) is 6.75. The molecule has 2 aliphatic rings. The Labute approximate surface area is 107 Å². The summed E-state index contributed by atoms with van der Waals surface area (Å²) in [5.74, 6) is 0. The minimum absolute atomic E-state index is 0.328. The first kappa shape index (κ1) is 10.3. The molecule has 0 aromatic heterocycles. The van der Waals surface area contributed by atoms with Gasteiger partial charge in [0.05, 0.1) is 6.10 Å². The van der Waals surface area contributed by atoms with E-state index in [1.807, 2.05) is 0 Å². The van der Waals surface area contributed by atoms with Crippen LogP contribution < -0.4 is 0 Å². The van der Waals surface area contributed by atoms with Crippen LogP contribution in [0.2, 0.25) is 0 Å². The molecule has 18 heavy (non-hydrogen) atoms. The van der Waals surface area contributed by atoms with Gasteiger partial charge in [0.1, 0.15) is 0 Å². The topological polar surface area (TPSA) is 9.23 Å². The summed E-state index contributed by atoms with van der Waals surface area (Å²) in [6.07, 6.45) is 3.77. The van der Waals surface area contributed by atoms with Crippen LogP contribution in [0.1, 0.15) is 35.6 Å². The van der Waals surface area contributed by atoms with Gasteiger partial charge in [-0.3, -0.25) is 0 Å². The zero-order valence-corrected chi connectivity index (χ0v) is 10.4. The highest BCUT2D eigenvalue weighted by atomic mass is 16.5. The second kappa shape index (κ2) is 3.96. The molecule has 1 fully saturated rings. The van der Waals surface area contributed by atoms with E-state index in [9.17, 15) is 0 Å². The zero-order valence-electron chi connectivity index (χ0n) is 10.4. The lowest BCUT2D eigenvalue weighted by molar-refractivity contribution is 0.111. The summed E-state index contributed by atoms with van der Waals surface area (Å²) in [5, 5.41) is 0. The van der Waals surface area contributed by atoms with Crippen LogP contribution in [-0.2, 0) is 11.2 Å². The number of benzene rings is 2. The molecule has 0 amide bonds. The third-order valence-electron chi connectivity index (χ3n) is 4.16. The summed E-state index contributed by atoms with van der Waals surface area (Å²) in [4.78, 5) is 0. The van der Waals surface area contributed by atoms with Gasteiger partial charge >= 0.3 is 0 Å². The van der Waals surface area contributed by atoms with Crippen molar-refractivity contribution in [1.82, 2.24) is 0 Å². The van der Waals surface area contributed by atoms with Crippen molar-refractivity contribution >= 4 is 0 Å². The molecular formula is C17H16O. The number of fused-ring (bicyclic) bond motifs is 3. The second-order valence-electron chi connectivity index (χ2n) is 5.21. The van der Waals surface area contributed by atoms with E-state index >= 15 is 0 Å². The number of rotatable bonds is 1. The molecule has 1 nitrogen and oxygen atoms in total. The molecule has 4 rings (SSSR count). The van der Waals surface area contributed by atoms with Crippen LogP contribution in [0, 0.1) is 0 Å². The van der Waals surface area contributed by atoms with E-state index in [2.05, 4.69) is 42.5 Å². The third-order valence-corrected chi connectivity index (χ3v) is 4.16. The van der Waals surface area contributed by atoms with E-state index < -0.39 is 0 Å². The second-order valence-corrected chi connectivity index (χ2v) is 5.21. The molecule has 1 aliphatic carbocycles. The molecular weight excluding hydrogens is 220 g/mol. The SMILES string of the molecule is c1ccc2c(c1)Cc1c-2cccc1C1CCCO1. The molecule has 1 aliphatic heterocycles. The summed E-state index contributed by atoms with van der Waals surface area (Å²) in [6.45, 7) is 0.918. The smallest absolute Gasteiger partial charge is 0.0828 e. The Balaban J connectivity index is 1.86. The van der Waals surface area contributed by atoms with Crippen LogP contribution >= 0.6 is 0 Å². The predicted molar refractivity (Wildman–Crippen MR) is 72.6 cm³/mol. The summed E-state index contributed by atoms with van der Waals surface area (Å²) in [5.41, 5.74) is 7.19. The molecule has 0 saturated carbocycles. The number of hydrogen-bond donors (Lipinski definition) is 0. The fourth-order valence-electron chi connectivity index (χ4n) is 3.31. The summed E-state index contributed by atoms with van der Waals surface area (Å²) >= 11 is 0. The van der Waals surface area contributed by atoms with Crippen LogP contribution in [-0.4, -0.2) is 6.61 Å². The number of ether oxygens (including phenoxy) is 1. The maximum Gasteiger partial charge on any atom is 0.0828 e. The molecule has 90 valence electrons. The van der Waals surface area contributed by atoms with Gasteiger partial charge in [-0.1, -0.05) is 42.5 Å². The maximum atomic E-state index is 5.86. The Morgan fingerprint density at radius 2 is 1.83 bits per heavy atom. The van der Waals surface area contributed by atoms with Gasteiger partial charge in [-0.2, -0.15) is 0 Å². The standard InChI is InChI=1S/C17H16O/c1-2-6-13-12(5-1)11-16-14(13)7-3-8-15(16)17-9-4-10-18-17/h1-3,5-8,17H,4,9-11H2.